The number of imide groups is 2. The molecule has 60 heavy (non-hydrogen) atoms. The topological polar surface area (TPSA) is 191 Å². The zero-order valence-electron chi connectivity index (χ0n) is 34.0. The summed E-state index contributed by atoms with van der Waals surface area (Å²) in [4.78, 5) is 114. The monoisotopic (exact) mass is 934 g/mol. The van der Waals surface area contributed by atoms with Crippen LogP contribution in [0.25, 0.3) is 10.8 Å². The molecule has 20 heteroatoms. The number of nitrogens with zero attached hydrogens (tertiary/aromatic N) is 2. The van der Waals surface area contributed by atoms with E-state index in [1.54, 1.807) is 55.3 Å². The molecule has 324 valence electrons. The number of thioether (sulfide) groups is 2. The van der Waals surface area contributed by atoms with Gasteiger partial charge in [0.1, 0.15) is 12.1 Å². The Morgan fingerprint density at radius 2 is 0.983 bits per heavy atom. The lowest BCUT2D eigenvalue weighted by molar-refractivity contribution is -0.125. The lowest BCUT2D eigenvalue weighted by atomic mass is 9.84. The number of hydrogen-bond donors (Lipinski definition) is 4. The molecule has 4 N–H and O–H groups in total. The first-order valence-corrected chi connectivity index (χ1v) is 27.1. The van der Waals surface area contributed by atoms with Gasteiger partial charge in [-0.1, -0.05) is 57.0 Å². The summed E-state index contributed by atoms with van der Waals surface area (Å²) in [5, 5.41) is 11.6. The van der Waals surface area contributed by atoms with Gasteiger partial charge in [0.05, 0.1) is 23.0 Å². The van der Waals surface area contributed by atoms with Gasteiger partial charge >= 0.3 is 0 Å². The average Bonchev–Trinajstić information content (AvgIpc) is 3.99. The minimum absolute atomic E-state index is 0.00520. The van der Waals surface area contributed by atoms with E-state index in [1.807, 2.05) is 13.8 Å². The summed E-state index contributed by atoms with van der Waals surface area (Å²) in [5.74, 6) is 0.134. The number of rotatable bonds is 20. The van der Waals surface area contributed by atoms with E-state index < -0.39 is 47.5 Å². The van der Waals surface area contributed by atoms with Crippen LogP contribution in [0, 0.1) is 11.8 Å². The summed E-state index contributed by atoms with van der Waals surface area (Å²) in [6.45, 7) is 4.57. The first-order valence-electron chi connectivity index (χ1n) is 20.1. The van der Waals surface area contributed by atoms with Crippen LogP contribution in [-0.2, 0) is 19.2 Å². The fourth-order valence-electron chi connectivity index (χ4n) is 7.78. The smallest absolute Gasteiger partial charge is 0.263 e. The Labute approximate surface area is 374 Å². The minimum Gasteiger partial charge on any atom is -0.357 e. The highest BCUT2D eigenvalue weighted by molar-refractivity contribution is 8.77. The highest BCUT2D eigenvalue weighted by Crippen LogP contribution is 2.46. The van der Waals surface area contributed by atoms with Gasteiger partial charge in [-0.25, -0.2) is 0 Å². The predicted molar refractivity (Wildman–Crippen MR) is 244 cm³/mol. The second-order valence-electron chi connectivity index (χ2n) is 14.5. The number of carbonyl (C=O) groups excluding carboxylic acids is 8. The molecule has 0 aliphatic carbocycles. The third kappa shape index (κ3) is 9.62. The maximum Gasteiger partial charge on any atom is 0.263 e. The number of amides is 8. The van der Waals surface area contributed by atoms with Crippen LogP contribution in [0.4, 0.5) is 0 Å². The standard InChI is InChI=1S/C40H50N6O8S6/c1-5-55-27-15-23-30-29-24(38(52)45(39(53)31(27)29)25(35(49)41-3)11-7-9-13-43-33(47)21-17-57-58-18-21)16-28(56-6-2)32(30)40(54)46(37(23)51)26(36(50)42-4)12-8-10-14-44-34(48)22-19-59-60-20-22/h15-16,21-22,25-26H,5-14,17-20H2,1-4H3,(H,41,49)(H,42,50)(H,43,47)(H,44,48)/t25-,26-/m0/s1. The fraction of sp³-hybridized carbons (Fsp3) is 0.550. The van der Waals surface area contributed by atoms with E-state index in [-0.39, 0.29) is 69.5 Å². The lowest BCUT2D eigenvalue weighted by Gasteiger charge is -2.38. The van der Waals surface area contributed by atoms with Crippen LogP contribution >= 0.6 is 66.7 Å². The molecule has 2 atom stereocenters. The van der Waals surface area contributed by atoms with Gasteiger partial charge in [-0.15, -0.1) is 23.5 Å². The van der Waals surface area contributed by atoms with E-state index in [1.165, 1.54) is 37.6 Å². The second-order valence-corrected chi connectivity index (χ2v) is 22.3. The molecule has 4 heterocycles. The summed E-state index contributed by atoms with van der Waals surface area (Å²) in [5.41, 5.74) is 0.515. The van der Waals surface area contributed by atoms with Crippen molar-refractivity contribution >= 4 is 125 Å². The third-order valence-corrected chi connectivity index (χ3v) is 17.8. The summed E-state index contributed by atoms with van der Waals surface area (Å²) < 4.78 is 0. The Morgan fingerprint density at radius 1 is 0.617 bits per heavy atom. The quantitative estimate of drug-likeness (QED) is 0.0595. The molecule has 0 unspecified atom stereocenters. The van der Waals surface area contributed by atoms with Crippen LogP contribution in [0.2, 0.25) is 0 Å². The van der Waals surface area contributed by atoms with Crippen molar-refractivity contribution in [3.05, 3.63) is 34.4 Å². The predicted octanol–water partition coefficient (Wildman–Crippen LogP) is 5.08. The van der Waals surface area contributed by atoms with Crippen molar-refractivity contribution in [1.82, 2.24) is 31.1 Å². The van der Waals surface area contributed by atoms with E-state index in [4.69, 9.17) is 0 Å². The summed E-state index contributed by atoms with van der Waals surface area (Å²) in [6, 6.07) is 0.850. The highest BCUT2D eigenvalue weighted by Gasteiger charge is 2.47. The molecular formula is C40H50N6O8S6. The van der Waals surface area contributed by atoms with Crippen LogP contribution in [0.15, 0.2) is 21.9 Å². The molecule has 2 saturated heterocycles. The van der Waals surface area contributed by atoms with E-state index in [9.17, 15) is 38.4 Å². The van der Waals surface area contributed by atoms with Crippen molar-refractivity contribution in [3.8, 4) is 0 Å². The van der Waals surface area contributed by atoms with Gasteiger partial charge in [0, 0.05) is 81.9 Å². The molecular weight excluding hydrogens is 885 g/mol. The maximum atomic E-state index is 14.8. The van der Waals surface area contributed by atoms with E-state index in [2.05, 4.69) is 21.3 Å². The third-order valence-electron chi connectivity index (χ3n) is 10.8. The molecule has 0 bridgehead atoms. The molecule has 4 aliphatic rings. The Balaban J connectivity index is 1.32. The summed E-state index contributed by atoms with van der Waals surface area (Å²) >= 11 is 2.60. The molecule has 8 amide bonds. The minimum atomic E-state index is -1.16. The normalized spacial score (nSPS) is 17.7. The number of nitrogens with one attached hydrogen (secondary N) is 4. The van der Waals surface area contributed by atoms with Crippen LogP contribution in [-0.4, -0.2) is 131 Å². The molecule has 2 aromatic rings. The van der Waals surface area contributed by atoms with Crippen molar-refractivity contribution in [1.29, 1.82) is 0 Å². The van der Waals surface area contributed by atoms with Crippen molar-refractivity contribution in [3.63, 3.8) is 0 Å². The van der Waals surface area contributed by atoms with Crippen molar-refractivity contribution < 1.29 is 38.4 Å². The number of carbonyl (C=O) groups is 8. The molecule has 2 fully saturated rings. The molecule has 6 rings (SSSR count). The van der Waals surface area contributed by atoms with Gasteiger partial charge in [0.2, 0.25) is 23.6 Å². The van der Waals surface area contributed by atoms with Gasteiger partial charge < -0.3 is 21.3 Å². The average molecular weight is 935 g/mol. The van der Waals surface area contributed by atoms with Gasteiger partial charge in [-0.3, -0.25) is 48.2 Å². The Kier molecular flexibility index (Phi) is 16.5. The number of likely N-dealkylation sites (N-methyl/N-ethyl adjacent to an activating group) is 2. The second kappa shape index (κ2) is 21.4. The summed E-state index contributed by atoms with van der Waals surface area (Å²) in [6.07, 6.45) is 2.25. The van der Waals surface area contributed by atoms with E-state index in [0.717, 1.165) is 32.8 Å². The molecule has 2 aromatic carbocycles. The number of unbranched alkanes of at least 4 members (excludes halogenated alkanes) is 2. The molecule has 0 spiro atoms. The van der Waals surface area contributed by atoms with Gasteiger partial charge in [-0.2, -0.15) is 0 Å². The van der Waals surface area contributed by atoms with Gasteiger partial charge in [-0.05, 0) is 62.2 Å². The number of benzene rings is 2. The zero-order chi connectivity index (χ0) is 43.1. The molecule has 14 nitrogen and oxygen atoms in total. The Bertz CT molecular complexity index is 1920. The molecule has 0 saturated carbocycles. The first-order chi connectivity index (χ1) is 29.0. The molecule has 0 aromatic heterocycles. The first kappa shape index (κ1) is 46.5. The van der Waals surface area contributed by atoms with Crippen molar-refractivity contribution in [2.45, 2.75) is 74.2 Å². The van der Waals surface area contributed by atoms with Gasteiger partial charge in [0.15, 0.2) is 0 Å². The maximum absolute atomic E-state index is 14.8. The van der Waals surface area contributed by atoms with E-state index >= 15 is 0 Å². The van der Waals surface area contributed by atoms with Crippen LogP contribution in [0.1, 0.15) is 93.8 Å². The van der Waals surface area contributed by atoms with Crippen molar-refractivity contribution in [2.75, 3.05) is 61.7 Å². The highest BCUT2D eigenvalue weighted by atomic mass is 33.1. The van der Waals surface area contributed by atoms with Gasteiger partial charge in [0.25, 0.3) is 23.6 Å². The Hall–Kier alpha value is -3.04. The largest absolute Gasteiger partial charge is 0.357 e. The lowest BCUT2D eigenvalue weighted by Crippen LogP contribution is -2.55. The van der Waals surface area contributed by atoms with Crippen molar-refractivity contribution in [2.24, 2.45) is 11.8 Å². The fourth-order valence-corrected chi connectivity index (χ4v) is 15.0. The molecule has 0 radical (unpaired) electrons. The van der Waals surface area contributed by atoms with Crippen LogP contribution in [0.3, 0.4) is 0 Å². The Morgan fingerprint density at radius 3 is 1.32 bits per heavy atom. The molecule has 4 aliphatic heterocycles. The zero-order valence-corrected chi connectivity index (χ0v) is 38.9. The van der Waals surface area contributed by atoms with Crippen LogP contribution in [0.5, 0.6) is 0 Å². The van der Waals surface area contributed by atoms with Crippen LogP contribution < -0.4 is 21.3 Å². The number of hydrogen-bond acceptors (Lipinski definition) is 14. The van der Waals surface area contributed by atoms with E-state index in [0.29, 0.717) is 60.1 Å². The SMILES string of the molecule is CCSc1cc2c3c(c(SCC)cc4c3c1C(=O)N([C@@H](CCCCNC(=O)C1CSSC1)C(=O)NC)C4=O)C(=O)N([C@@H](CCCCNC(=O)C1CSSC1)C(=O)NC)C2=O. The summed E-state index contributed by atoms with van der Waals surface area (Å²) in [7, 11) is 9.60.